The zero-order valence-electron chi connectivity index (χ0n) is 10.1. The molecule has 0 atom stereocenters. The lowest BCUT2D eigenvalue weighted by Crippen LogP contribution is -2.50. The van der Waals surface area contributed by atoms with Crippen molar-refractivity contribution >= 4 is 17.3 Å². The molecule has 1 aromatic rings. The number of methoxy groups -OCH3 is 1. The second-order valence-corrected chi connectivity index (χ2v) is 4.59. The van der Waals surface area contributed by atoms with Crippen molar-refractivity contribution in [3.63, 3.8) is 0 Å². The van der Waals surface area contributed by atoms with Gasteiger partial charge in [-0.2, -0.15) is 0 Å². The van der Waals surface area contributed by atoms with E-state index in [1.54, 1.807) is 7.11 Å². The SMILES string of the molecule is CCN1c2c(cccc2OC)NC(=O)C12CC2. The van der Waals surface area contributed by atoms with Gasteiger partial charge in [-0.25, -0.2) is 0 Å². The molecule has 1 aromatic carbocycles. The van der Waals surface area contributed by atoms with Gasteiger partial charge in [0.05, 0.1) is 12.8 Å². The second-order valence-electron chi connectivity index (χ2n) is 4.59. The lowest BCUT2D eigenvalue weighted by atomic mass is 10.1. The van der Waals surface area contributed by atoms with Crippen molar-refractivity contribution in [1.29, 1.82) is 0 Å². The fourth-order valence-electron chi connectivity index (χ4n) is 2.72. The maximum Gasteiger partial charge on any atom is 0.250 e. The monoisotopic (exact) mass is 232 g/mol. The van der Waals surface area contributed by atoms with Crippen LogP contribution >= 0.6 is 0 Å². The molecular weight excluding hydrogens is 216 g/mol. The smallest absolute Gasteiger partial charge is 0.250 e. The summed E-state index contributed by atoms with van der Waals surface area (Å²) in [4.78, 5) is 14.3. The number of rotatable bonds is 2. The Morgan fingerprint density at radius 2 is 2.24 bits per heavy atom. The molecule has 1 spiro atoms. The van der Waals surface area contributed by atoms with E-state index in [0.29, 0.717) is 0 Å². The van der Waals surface area contributed by atoms with Crippen molar-refractivity contribution in [2.75, 3.05) is 23.9 Å². The van der Waals surface area contributed by atoms with Crippen molar-refractivity contribution in [3.8, 4) is 5.75 Å². The van der Waals surface area contributed by atoms with Crippen LogP contribution in [-0.4, -0.2) is 25.1 Å². The highest BCUT2D eigenvalue weighted by molar-refractivity contribution is 6.09. The molecule has 0 aromatic heterocycles. The van der Waals surface area contributed by atoms with Crippen LogP contribution in [0.4, 0.5) is 11.4 Å². The van der Waals surface area contributed by atoms with Crippen LogP contribution in [0.3, 0.4) is 0 Å². The molecule has 17 heavy (non-hydrogen) atoms. The van der Waals surface area contributed by atoms with Gasteiger partial charge >= 0.3 is 0 Å². The number of para-hydroxylation sites is 1. The van der Waals surface area contributed by atoms with Crippen LogP contribution in [0.1, 0.15) is 19.8 Å². The second kappa shape index (κ2) is 3.39. The van der Waals surface area contributed by atoms with Gasteiger partial charge in [-0.3, -0.25) is 4.79 Å². The van der Waals surface area contributed by atoms with Gasteiger partial charge in [0.1, 0.15) is 17.0 Å². The summed E-state index contributed by atoms with van der Waals surface area (Å²) in [5, 5.41) is 2.99. The number of hydrogen-bond donors (Lipinski definition) is 1. The van der Waals surface area contributed by atoms with Gasteiger partial charge in [0, 0.05) is 6.54 Å². The Hall–Kier alpha value is -1.71. The third-order valence-corrected chi connectivity index (χ3v) is 3.72. The predicted octanol–water partition coefficient (Wildman–Crippen LogP) is 2.01. The number of anilines is 2. The average molecular weight is 232 g/mol. The molecule has 0 radical (unpaired) electrons. The maximum atomic E-state index is 12.1. The van der Waals surface area contributed by atoms with Gasteiger partial charge in [-0.1, -0.05) is 6.07 Å². The summed E-state index contributed by atoms with van der Waals surface area (Å²) in [6.45, 7) is 2.90. The minimum absolute atomic E-state index is 0.125. The van der Waals surface area contributed by atoms with Crippen LogP contribution in [0.5, 0.6) is 5.75 Å². The van der Waals surface area contributed by atoms with Crippen LogP contribution in [0.25, 0.3) is 0 Å². The molecule has 2 aliphatic rings. The van der Waals surface area contributed by atoms with Gasteiger partial charge in [-0.15, -0.1) is 0 Å². The number of fused-ring (bicyclic) bond motifs is 1. The molecule has 4 nitrogen and oxygen atoms in total. The fourth-order valence-corrected chi connectivity index (χ4v) is 2.72. The molecule has 1 aliphatic heterocycles. The lowest BCUT2D eigenvalue weighted by molar-refractivity contribution is -0.118. The first-order chi connectivity index (χ1) is 8.23. The van der Waals surface area contributed by atoms with Crippen LogP contribution in [0.2, 0.25) is 0 Å². The van der Waals surface area contributed by atoms with Gasteiger partial charge in [-0.05, 0) is 31.9 Å². The third-order valence-electron chi connectivity index (χ3n) is 3.72. The molecule has 0 saturated heterocycles. The Balaban J connectivity index is 2.17. The maximum absolute atomic E-state index is 12.1. The predicted molar refractivity (Wildman–Crippen MR) is 66.6 cm³/mol. The van der Waals surface area contributed by atoms with E-state index < -0.39 is 0 Å². The molecule has 3 rings (SSSR count). The summed E-state index contributed by atoms with van der Waals surface area (Å²) in [5.74, 6) is 0.954. The number of likely N-dealkylation sites (N-methyl/N-ethyl adjacent to an activating group) is 1. The molecule has 0 bridgehead atoms. The number of carbonyl (C=O) groups is 1. The first-order valence-corrected chi connectivity index (χ1v) is 5.99. The molecule has 1 N–H and O–H groups in total. The van der Waals surface area contributed by atoms with Crippen LogP contribution < -0.4 is 15.0 Å². The molecule has 1 fully saturated rings. The molecule has 1 aliphatic carbocycles. The number of hydrogen-bond acceptors (Lipinski definition) is 3. The van der Waals surface area contributed by atoms with E-state index in [1.807, 2.05) is 18.2 Å². The number of benzene rings is 1. The van der Waals surface area contributed by atoms with Crippen LogP contribution in [0, 0.1) is 0 Å². The van der Waals surface area contributed by atoms with Gasteiger partial charge in [0.25, 0.3) is 0 Å². The van der Waals surface area contributed by atoms with E-state index in [4.69, 9.17) is 4.74 Å². The Labute approximate surface area is 101 Å². The summed E-state index contributed by atoms with van der Waals surface area (Å²) in [6, 6.07) is 5.76. The van der Waals surface area contributed by atoms with E-state index in [1.165, 1.54) is 0 Å². The molecule has 1 amide bonds. The van der Waals surface area contributed by atoms with Crippen LogP contribution in [0.15, 0.2) is 18.2 Å². The molecular formula is C13H16N2O2. The lowest BCUT2D eigenvalue weighted by Gasteiger charge is -2.38. The Kier molecular flexibility index (Phi) is 2.08. The summed E-state index contributed by atoms with van der Waals surface area (Å²) >= 11 is 0. The molecule has 4 heteroatoms. The molecule has 0 unspecified atom stereocenters. The van der Waals surface area contributed by atoms with Gasteiger partial charge in [0.2, 0.25) is 5.91 Å². The summed E-state index contributed by atoms with van der Waals surface area (Å²) in [5.41, 5.74) is 1.57. The fraction of sp³-hybridized carbons (Fsp3) is 0.462. The van der Waals surface area contributed by atoms with Crippen molar-refractivity contribution < 1.29 is 9.53 Å². The first-order valence-electron chi connectivity index (χ1n) is 5.99. The Morgan fingerprint density at radius 1 is 1.47 bits per heavy atom. The average Bonchev–Trinajstić information content (AvgIpc) is 3.12. The normalized spacial score (nSPS) is 19.9. The van der Waals surface area contributed by atoms with Crippen molar-refractivity contribution in [3.05, 3.63) is 18.2 Å². The summed E-state index contributed by atoms with van der Waals surface area (Å²) < 4.78 is 5.41. The number of amides is 1. The van der Waals surface area contributed by atoms with E-state index in [9.17, 15) is 4.79 Å². The number of nitrogens with one attached hydrogen (secondary N) is 1. The molecule has 1 saturated carbocycles. The highest BCUT2D eigenvalue weighted by atomic mass is 16.5. The largest absolute Gasteiger partial charge is 0.495 e. The zero-order chi connectivity index (χ0) is 12.0. The van der Waals surface area contributed by atoms with Gasteiger partial charge in [0.15, 0.2) is 0 Å². The Bertz CT molecular complexity index is 480. The number of nitrogens with zero attached hydrogens (tertiary/aromatic N) is 1. The molecule has 1 heterocycles. The topological polar surface area (TPSA) is 41.6 Å². The van der Waals surface area contributed by atoms with E-state index in [0.717, 1.165) is 36.5 Å². The standard InChI is InChI=1S/C13H16N2O2/c1-3-15-11-9(5-4-6-10(11)17-2)14-12(16)13(15)7-8-13/h4-6H,3,7-8H2,1-2H3,(H,14,16). The third kappa shape index (κ3) is 1.27. The van der Waals surface area contributed by atoms with Crippen molar-refractivity contribution in [2.24, 2.45) is 0 Å². The number of ether oxygens (including phenoxy) is 1. The number of carbonyl (C=O) groups excluding carboxylic acids is 1. The van der Waals surface area contributed by atoms with E-state index in [-0.39, 0.29) is 11.4 Å². The van der Waals surface area contributed by atoms with Crippen LogP contribution in [-0.2, 0) is 4.79 Å². The minimum Gasteiger partial charge on any atom is -0.495 e. The van der Waals surface area contributed by atoms with E-state index >= 15 is 0 Å². The molecule has 90 valence electrons. The van der Waals surface area contributed by atoms with Crippen molar-refractivity contribution in [2.45, 2.75) is 25.3 Å². The Morgan fingerprint density at radius 3 is 2.82 bits per heavy atom. The van der Waals surface area contributed by atoms with E-state index in [2.05, 4.69) is 17.1 Å². The van der Waals surface area contributed by atoms with Gasteiger partial charge < -0.3 is 15.0 Å². The minimum atomic E-state index is -0.309. The zero-order valence-corrected chi connectivity index (χ0v) is 10.1. The summed E-state index contributed by atoms with van der Waals surface area (Å²) in [7, 11) is 1.67. The van der Waals surface area contributed by atoms with Crippen molar-refractivity contribution in [1.82, 2.24) is 0 Å². The highest BCUT2D eigenvalue weighted by Gasteiger charge is 2.57. The highest BCUT2D eigenvalue weighted by Crippen LogP contribution is 2.52. The quantitative estimate of drug-likeness (QED) is 0.848. The summed E-state index contributed by atoms with van der Waals surface area (Å²) in [6.07, 6.45) is 1.87. The first kappa shape index (κ1) is 10.4.